The van der Waals surface area contributed by atoms with Gasteiger partial charge in [0.05, 0.1) is 0 Å². The van der Waals surface area contributed by atoms with E-state index in [0.717, 1.165) is 6.54 Å². The van der Waals surface area contributed by atoms with Gasteiger partial charge in [0.1, 0.15) is 0 Å². The first-order valence-electron chi connectivity index (χ1n) is 6.07. The number of hydrogen-bond donors (Lipinski definition) is 1. The minimum atomic E-state index is 0.380. The molecule has 0 amide bonds. The highest BCUT2D eigenvalue weighted by molar-refractivity contribution is 5.23. The molecule has 1 heterocycles. The van der Waals surface area contributed by atoms with Crippen LogP contribution in [0.5, 0.6) is 0 Å². The predicted molar refractivity (Wildman–Crippen MR) is 71.8 cm³/mol. The fraction of sp³-hybridized carbons (Fsp3) is 0.333. The van der Waals surface area contributed by atoms with Crippen molar-refractivity contribution in [3.05, 3.63) is 59.4 Å². The van der Waals surface area contributed by atoms with Gasteiger partial charge in [0.2, 0.25) is 0 Å². The second-order valence-electron chi connectivity index (χ2n) is 4.62. The average molecular weight is 228 g/mol. The quantitative estimate of drug-likeness (QED) is 0.850. The Kier molecular flexibility index (Phi) is 3.64. The van der Waals surface area contributed by atoms with Crippen molar-refractivity contribution < 1.29 is 0 Å². The van der Waals surface area contributed by atoms with Crippen LogP contribution in [0.25, 0.3) is 0 Å². The molecule has 1 aromatic heterocycles. The molecule has 0 radical (unpaired) electrons. The van der Waals surface area contributed by atoms with E-state index in [2.05, 4.69) is 73.4 Å². The van der Waals surface area contributed by atoms with Crippen LogP contribution in [0.3, 0.4) is 0 Å². The lowest BCUT2D eigenvalue weighted by atomic mass is 10.1. The van der Waals surface area contributed by atoms with Crippen molar-refractivity contribution in [3.63, 3.8) is 0 Å². The number of nitrogens with zero attached hydrogens (tertiary/aromatic N) is 1. The zero-order valence-corrected chi connectivity index (χ0v) is 10.8. The van der Waals surface area contributed by atoms with Crippen molar-refractivity contribution >= 4 is 0 Å². The van der Waals surface area contributed by atoms with E-state index in [1.165, 1.54) is 16.8 Å². The van der Waals surface area contributed by atoms with Crippen LogP contribution >= 0.6 is 0 Å². The summed E-state index contributed by atoms with van der Waals surface area (Å²) in [5, 5.41) is 3.54. The zero-order chi connectivity index (χ0) is 12.3. The van der Waals surface area contributed by atoms with Crippen LogP contribution in [0, 0.1) is 6.92 Å². The van der Waals surface area contributed by atoms with E-state index >= 15 is 0 Å². The van der Waals surface area contributed by atoms with Gasteiger partial charge in [-0.05, 0) is 31.5 Å². The summed E-state index contributed by atoms with van der Waals surface area (Å²) < 4.78 is 2.15. The molecule has 2 heteroatoms. The van der Waals surface area contributed by atoms with E-state index in [0.29, 0.717) is 6.04 Å². The molecule has 2 aromatic rings. The Bertz CT molecular complexity index is 468. The summed E-state index contributed by atoms with van der Waals surface area (Å²) >= 11 is 0. The molecule has 2 nitrogen and oxygen atoms in total. The molecular formula is C15H20N2. The Hall–Kier alpha value is -1.54. The molecule has 17 heavy (non-hydrogen) atoms. The summed E-state index contributed by atoms with van der Waals surface area (Å²) in [5.41, 5.74) is 3.96. The van der Waals surface area contributed by atoms with Gasteiger partial charge in [-0.3, -0.25) is 0 Å². The van der Waals surface area contributed by atoms with Crippen LogP contribution in [0.1, 0.15) is 29.8 Å². The Balaban J connectivity index is 1.95. The highest BCUT2D eigenvalue weighted by Gasteiger charge is 2.05. The molecule has 1 atom stereocenters. The summed E-state index contributed by atoms with van der Waals surface area (Å²) in [7, 11) is 2.08. The molecule has 0 aliphatic heterocycles. The Morgan fingerprint density at radius 2 is 1.88 bits per heavy atom. The molecule has 0 bridgehead atoms. The van der Waals surface area contributed by atoms with E-state index in [4.69, 9.17) is 0 Å². The molecule has 2 rings (SSSR count). The van der Waals surface area contributed by atoms with Crippen LogP contribution in [-0.4, -0.2) is 4.57 Å². The van der Waals surface area contributed by atoms with Crippen LogP contribution in [0.4, 0.5) is 0 Å². The molecule has 0 fully saturated rings. The van der Waals surface area contributed by atoms with Gasteiger partial charge in [-0.1, -0.05) is 29.8 Å². The number of benzene rings is 1. The van der Waals surface area contributed by atoms with Crippen molar-refractivity contribution in [1.29, 1.82) is 0 Å². The highest BCUT2D eigenvalue weighted by atomic mass is 15.0. The normalized spacial score (nSPS) is 12.6. The number of hydrogen-bond acceptors (Lipinski definition) is 1. The average Bonchev–Trinajstić information content (AvgIpc) is 2.73. The molecule has 1 N–H and O–H groups in total. The molecule has 0 aliphatic carbocycles. The SMILES string of the molecule is Cc1ccc([C@@H](C)NCc2cccn2C)cc1. The van der Waals surface area contributed by atoms with Gasteiger partial charge in [-0.25, -0.2) is 0 Å². The molecular weight excluding hydrogens is 208 g/mol. The summed E-state index contributed by atoms with van der Waals surface area (Å²) in [6.45, 7) is 5.22. The Morgan fingerprint density at radius 3 is 2.47 bits per heavy atom. The van der Waals surface area contributed by atoms with Crippen LogP contribution < -0.4 is 5.32 Å². The fourth-order valence-electron chi connectivity index (χ4n) is 1.91. The maximum Gasteiger partial charge on any atom is 0.0364 e. The van der Waals surface area contributed by atoms with Crippen molar-refractivity contribution in [2.24, 2.45) is 7.05 Å². The van der Waals surface area contributed by atoms with Gasteiger partial charge in [0.15, 0.2) is 0 Å². The van der Waals surface area contributed by atoms with E-state index in [1.807, 2.05) is 0 Å². The third-order valence-electron chi connectivity index (χ3n) is 3.22. The first-order valence-corrected chi connectivity index (χ1v) is 6.07. The number of nitrogens with one attached hydrogen (secondary N) is 1. The minimum Gasteiger partial charge on any atom is -0.353 e. The third-order valence-corrected chi connectivity index (χ3v) is 3.22. The predicted octanol–water partition coefficient (Wildman–Crippen LogP) is 3.18. The second-order valence-corrected chi connectivity index (χ2v) is 4.62. The van der Waals surface area contributed by atoms with Gasteiger partial charge >= 0.3 is 0 Å². The highest BCUT2D eigenvalue weighted by Crippen LogP contribution is 2.13. The van der Waals surface area contributed by atoms with Gasteiger partial charge in [0, 0.05) is 31.5 Å². The first-order chi connectivity index (χ1) is 8.16. The molecule has 1 aromatic carbocycles. The summed E-state index contributed by atoms with van der Waals surface area (Å²) in [4.78, 5) is 0. The van der Waals surface area contributed by atoms with Gasteiger partial charge in [-0.2, -0.15) is 0 Å². The number of rotatable bonds is 4. The topological polar surface area (TPSA) is 17.0 Å². The van der Waals surface area contributed by atoms with Gasteiger partial charge < -0.3 is 9.88 Å². The van der Waals surface area contributed by atoms with Crippen LogP contribution in [-0.2, 0) is 13.6 Å². The minimum absolute atomic E-state index is 0.380. The maximum atomic E-state index is 3.54. The summed E-state index contributed by atoms with van der Waals surface area (Å²) in [5.74, 6) is 0. The smallest absolute Gasteiger partial charge is 0.0364 e. The van der Waals surface area contributed by atoms with Crippen LogP contribution in [0.2, 0.25) is 0 Å². The van der Waals surface area contributed by atoms with Crippen molar-refractivity contribution in [2.75, 3.05) is 0 Å². The van der Waals surface area contributed by atoms with E-state index in [-0.39, 0.29) is 0 Å². The van der Waals surface area contributed by atoms with Crippen LogP contribution in [0.15, 0.2) is 42.6 Å². The van der Waals surface area contributed by atoms with Gasteiger partial charge in [0.25, 0.3) is 0 Å². The second kappa shape index (κ2) is 5.19. The third kappa shape index (κ3) is 2.98. The zero-order valence-electron chi connectivity index (χ0n) is 10.8. The lowest BCUT2D eigenvalue weighted by Crippen LogP contribution is -2.19. The standard InChI is InChI=1S/C15H20N2/c1-12-6-8-14(9-7-12)13(2)16-11-15-5-4-10-17(15)3/h4-10,13,16H,11H2,1-3H3/t13-/m1/s1. The lowest BCUT2D eigenvalue weighted by molar-refractivity contribution is 0.558. The first kappa shape index (κ1) is 11.9. The number of aryl methyl sites for hydroxylation is 2. The summed E-state index contributed by atoms with van der Waals surface area (Å²) in [6.07, 6.45) is 2.08. The largest absolute Gasteiger partial charge is 0.353 e. The van der Waals surface area contributed by atoms with E-state index in [9.17, 15) is 0 Å². The molecule has 0 spiro atoms. The molecule has 0 saturated heterocycles. The maximum absolute atomic E-state index is 3.54. The Morgan fingerprint density at radius 1 is 1.18 bits per heavy atom. The number of aromatic nitrogens is 1. The Labute approximate surface area is 103 Å². The van der Waals surface area contributed by atoms with E-state index < -0.39 is 0 Å². The van der Waals surface area contributed by atoms with E-state index in [1.54, 1.807) is 0 Å². The summed E-state index contributed by atoms with van der Waals surface area (Å²) in [6, 6.07) is 13.3. The lowest BCUT2D eigenvalue weighted by Gasteiger charge is -2.15. The van der Waals surface area contributed by atoms with Crippen molar-refractivity contribution in [2.45, 2.75) is 26.4 Å². The molecule has 0 unspecified atom stereocenters. The fourth-order valence-corrected chi connectivity index (χ4v) is 1.91. The monoisotopic (exact) mass is 228 g/mol. The van der Waals surface area contributed by atoms with Crippen molar-refractivity contribution in [3.8, 4) is 0 Å². The molecule has 0 aliphatic rings. The van der Waals surface area contributed by atoms with Crippen molar-refractivity contribution in [1.82, 2.24) is 9.88 Å². The molecule has 0 saturated carbocycles. The molecule has 90 valence electrons. The van der Waals surface area contributed by atoms with Gasteiger partial charge in [-0.15, -0.1) is 0 Å².